The molecule has 0 bridgehead atoms. The molecule has 1 atom stereocenters. The number of β-amino-alcohol motifs (C(OH)–C–C–N with tert-alkyl or cyclic N) is 1. The van der Waals surface area contributed by atoms with Gasteiger partial charge < -0.3 is 14.9 Å². The van der Waals surface area contributed by atoms with E-state index in [1.54, 1.807) is 36.6 Å². The summed E-state index contributed by atoms with van der Waals surface area (Å²) >= 11 is 0. The molecule has 2 aromatic heterocycles. The van der Waals surface area contributed by atoms with E-state index in [4.69, 9.17) is 0 Å². The Kier molecular flexibility index (Phi) is 4.94. The van der Waals surface area contributed by atoms with Crippen LogP contribution in [0, 0.1) is 6.92 Å². The third-order valence-electron chi connectivity index (χ3n) is 4.41. The molecule has 0 spiro atoms. The van der Waals surface area contributed by atoms with Gasteiger partial charge in [-0.05, 0) is 31.9 Å². The van der Waals surface area contributed by atoms with Crippen LogP contribution in [0.2, 0.25) is 0 Å². The molecule has 0 unspecified atom stereocenters. The van der Waals surface area contributed by atoms with Gasteiger partial charge in [-0.25, -0.2) is 9.97 Å². The zero-order chi connectivity index (χ0) is 17.9. The van der Waals surface area contributed by atoms with Crippen molar-refractivity contribution in [3.05, 3.63) is 48.2 Å². The second kappa shape index (κ2) is 7.14. The summed E-state index contributed by atoms with van der Waals surface area (Å²) in [5.41, 5.74) is 0.210. The molecule has 0 aromatic carbocycles. The lowest BCUT2D eigenvalue weighted by Gasteiger charge is -2.41. The fourth-order valence-corrected chi connectivity index (χ4v) is 3.26. The smallest absolute Gasteiger partial charge is 0.272 e. The minimum atomic E-state index is -0.982. The molecule has 0 radical (unpaired) electrons. The van der Waals surface area contributed by atoms with E-state index in [9.17, 15) is 9.90 Å². The molecule has 25 heavy (non-hydrogen) atoms. The summed E-state index contributed by atoms with van der Waals surface area (Å²) in [5.74, 6) is 0.559. The van der Waals surface area contributed by atoms with E-state index in [1.165, 1.54) is 0 Å². The summed E-state index contributed by atoms with van der Waals surface area (Å²) in [5, 5.41) is 11.0. The zero-order valence-electron chi connectivity index (χ0n) is 14.6. The van der Waals surface area contributed by atoms with Crippen LogP contribution in [-0.4, -0.2) is 63.1 Å². The standard InChI is InChI=1S/C18H23N5O2/c1-14-5-3-6-15(21-14)17(24)22(2)12-18(25)7-4-10-23(13-18)16-11-19-8-9-20-16/h3,5-6,8-9,11,25H,4,7,10,12-13H2,1-2H3/t18-/m0/s1. The van der Waals surface area contributed by atoms with E-state index < -0.39 is 5.60 Å². The van der Waals surface area contributed by atoms with Gasteiger partial charge in [-0.3, -0.25) is 9.78 Å². The number of piperidine rings is 1. The minimum Gasteiger partial charge on any atom is -0.386 e. The maximum Gasteiger partial charge on any atom is 0.272 e. The molecule has 0 aliphatic carbocycles. The molecule has 3 heterocycles. The molecule has 1 amide bonds. The van der Waals surface area contributed by atoms with E-state index in [0.717, 1.165) is 24.5 Å². The van der Waals surface area contributed by atoms with Crippen molar-refractivity contribution in [1.82, 2.24) is 19.9 Å². The number of aryl methyl sites for hydroxylation is 1. The Balaban J connectivity index is 1.69. The largest absolute Gasteiger partial charge is 0.386 e. The highest BCUT2D eigenvalue weighted by atomic mass is 16.3. The van der Waals surface area contributed by atoms with E-state index >= 15 is 0 Å². The first-order chi connectivity index (χ1) is 12.0. The Bertz CT molecular complexity index is 739. The predicted octanol–water partition coefficient (Wildman–Crippen LogP) is 1.28. The van der Waals surface area contributed by atoms with Gasteiger partial charge in [-0.2, -0.15) is 0 Å². The Labute approximate surface area is 147 Å². The number of likely N-dealkylation sites (N-methyl/N-ethyl adjacent to an activating group) is 1. The molecule has 7 nitrogen and oxygen atoms in total. The van der Waals surface area contributed by atoms with E-state index in [-0.39, 0.29) is 12.5 Å². The molecule has 7 heteroatoms. The highest BCUT2D eigenvalue weighted by Gasteiger charge is 2.36. The van der Waals surface area contributed by atoms with Crippen molar-refractivity contribution in [2.75, 3.05) is 31.6 Å². The molecule has 2 aromatic rings. The molecular weight excluding hydrogens is 318 g/mol. The van der Waals surface area contributed by atoms with Crippen molar-refractivity contribution in [3.63, 3.8) is 0 Å². The monoisotopic (exact) mass is 341 g/mol. The maximum atomic E-state index is 12.6. The van der Waals surface area contributed by atoms with Crippen LogP contribution >= 0.6 is 0 Å². The lowest BCUT2D eigenvalue weighted by molar-refractivity contribution is -0.000292. The molecular formula is C18H23N5O2. The van der Waals surface area contributed by atoms with Crippen molar-refractivity contribution >= 4 is 11.7 Å². The van der Waals surface area contributed by atoms with Crippen molar-refractivity contribution in [2.45, 2.75) is 25.4 Å². The van der Waals surface area contributed by atoms with Crippen LogP contribution in [0.5, 0.6) is 0 Å². The number of carbonyl (C=O) groups is 1. The normalized spacial score (nSPS) is 20.4. The van der Waals surface area contributed by atoms with Crippen LogP contribution in [0.1, 0.15) is 29.0 Å². The number of rotatable bonds is 4. The van der Waals surface area contributed by atoms with Gasteiger partial charge in [0.15, 0.2) is 0 Å². The van der Waals surface area contributed by atoms with Crippen LogP contribution in [0.3, 0.4) is 0 Å². The average molecular weight is 341 g/mol. The Morgan fingerprint density at radius 1 is 1.40 bits per heavy atom. The van der Waals surface area contributed by atoms with Gasteiger partial charge in [0, 0.05) is 38.2 Å². The predicted molar refractivity (Wildman–Crippen MR) is 94.4 cm³/mol. The third kappa shape index (κ3) is 4.11. The maximum absolute atomic E-state index is 12.6. The fourth-order valence-electron chi connectivity index (χ4n) is 3.26. The number of hydrogen-bond donors (Lipinski definition) is 1. The Hall–Kier alpha value is -2.54. The first-order valence-corrected chi connectivity index (χ1v) is 8.39. The summed E-state index contributed by atoms with van der Waals surface area (Å²) in [6.07, 6.45) is 6.43. The Morgan fingerprint density at radius 2 is 2.24 bits per heavy atom. The van der Waals surface area contributed by atoms with Crippen LogP contribution in [-0.2, 0) is 0 Å². The molecule has 3 rings (SSSR count). The molecule has 1 saturated heterocycles. The van der Waals surface area contributed by atoms with Gasteiger partial charge in [-0.15, -0.1) is 0 Å². The van der Waals surface area contributed by atoms with Crippen molar-refractivity contribution in [2.24, 2.45) is 0 Å². The van der Waals surface area contributed by atoms with Crippen LogP contribution in [0.4, 0.5) is 5.82 Å². The van der Waals surface area contributed by atoms with Crippen LogP contribution in [0.25, 0.3) is 0 Å². The summed E-state index contributed by atoms with van der Waals surface area (Å²) in [7, 11) is 1.70. The van der Waals surface area contributed by atoms with Gasteiger partial charge in [0.25, 0.3) is 5.91 Å². The third-order valence-corrected chi connectivity index (χ3v) is 4.41. The number of pyridine rings is 1. The van der Waals surface area contributed by atoms with Gasteiger partial charge >= 0.3 is 0 Å². The van der Waals surface area contributed by atoms with Crippen molar-refractivity contribution < 1.29 is 9.90 Å². The SMILES string of the molecule is Cc1cccc(C(=O)N(C)C[C@@]2(O)CCCN(c3cnccn3)C2)n1. The molecule has 1 N–H and O–H groups in total. The molecule has 1 aliphatic heterocycles. The summed E-state index contributed by atoms with van der Waals surface area (Å²) in [6, 6.07) is 5.36. The van der Waals surface area contributed by atoms with E-state index in [2.05, 4.69) is 15.0 Å². The highest BCUT2D eigenvalue weighted by molar-refractivity contribution is 5.92. The number of amides is 1. The number of nitrogens with zero attached hydrogens (tertiary/aromatic N) is 5. The number of anilines is 1. The lowest BCUT2D eigenvalue weighted by atomic mass is 9.92. The number of aromatic nitrogens is 3. The highest BCUT2D eigenvalue weighted by Crippen LogP contribution is 2.25. The van der Waals surface area contributed by atoms with Crippen molar-refractivity contribution in [3.8, 4) is 0 Å². The zero-order valence-corrected chi connectivity index (χ0v) is 14.6. The van der Waals surface area contributed by atoms with Gasteiger partial charge in [-0.1, -0.05) is 6.07 Å². The molecule has 0 saturated carbocycles. The first-order valence-electron chi connectivity index (χ1n) is 8.39. The lowest BCUT2D eigenvalue weighted by Crippen LogP contribution is -2.55. The van der Waals surface area contributed by atoms with Gasteiger partial charge in [0.1, 0.15) is 11.5 Å². The summed E-state index contributed by atoms with van der Waals surface area (Å²) in [4.78, 5) is 28.8. The summed E-state index contributed by atoms with van der Waals surface area (Å²) < 4.78 is 0. The van der Waals surface area contributed by atoms with E-state index in [0.29, 0.717) is 18.7 Å². The minimum absolute atomic E-state index is 0.186. The fraction of sp³-hybridized carbons (Fsp3) is 0.444. The molecule has 1 fully saturated rings. The number of carbonyl (C=O) groups excluding carboxylic acids is 1. The summed E-state index contributed by atoms with van der Waals surface area (Å²) in [6.45, 7) is 3.34. The molecule has 1 aliphatic rings. The van der Waals surface area contributed by atoms with Crippen molar-refractivity contribution in [1.29, 1.82) is 0 Å². The first kappa shape index (κ1) is 17.3. The van der Waals surface area contributed by atoms with Gasteiger partial charge in [0.05, 0.1) is 18.3 Å². The number of aliphatic hydroxyl groups is 1. The van der Waals surface area contributed by atoms with Gasteiger partial charge in [0.2, 0.25) is 0 Å². The average Bonchev–Trinajstić information content (AvgIpc) is 2.61. The quantitative estimate of drug-likeness (QED) is 0.902. The van der Waals surface area contributed by atoms with Crippen LogP contribution in [0.15, 0.2) is 36.8 Å². The molecule has 132 valence electrons. The van der Waals surface area contributed by atoms with Crippen LogP contribution < -0.4 is 4.90 Å². The van der Waals surface area contributed by atoms with E-state index in [1.807, 2.05) is 24.0 Å². The second-order valence-corrected chi connectivity index (χ2v) is 6.64. The number of hydrogen-bond acceptors (Lipinski definition) is 6. The Morgan fingerprint density at radius 3 is 2.96 bits per heavy atom. The second-order valence-electron chi connectivity index (χ2n) is 6.64. The topological polar surface area (TPSA) is 82.5 Å².